The van der Waals surface area contributed by atoms with E-state index in [2.05, 4.69) is 15.0 Å². The number of anilines is 1. The Morgan fingerprint density at radius 1 is 1.08 bits per heavy atom. The molecule has 25 heavy (non-hydrogen) atoms. The summed E-state index contributed by atoms with van der Waals surface area (Å²) in [6.45, 7) is 4.02. The van der Waals surface area contributed by atoms with Crippen molar-refractivity contribution in [3.63, 3.8) is 0 Å². The molecule has 3 heterocycles. The van der Waals surface area contributed by atoms with E-state index in [1.807, 2.05) is 47.0 Å². The summed E-state index contributed by atoms with van der Waals surface area (Å²) >= 11 is 6.20. The molecule has 0 spiro atoms. The van der Waals surface area contributed by atoms with Gasteiger partial charge in [0.2, 0.25) is 0 Å². The van der Waals surface area contributed by atoms with Crippen molar-refractivity contribution in [2.45, 2.75) is 13.2 Å². The molecule has 0 radical (unpaired) electrons. The highest BCUT2D eigenvalue weighted by molar-refractivity contribution is 6.29. The second-order valence-electron chi connectivity index (χ2n) is 5.92. The van der Waals surface area contributed by atoms with Crippen LogP contribution in [0.1, 0.15) is 11.3 Å². The van der Waals surface area contributed by atoms with Crippen molar-refractivity contribution >= 4 is 23.1 Å². The number of benzene rings is 1. The van der Waals surface area contributed by atoms with Gasteiger partial charge in [-0.05, 0) is 5.56 Å². The first-order valence-corrected chi connectivity index (χ1v) is 8.67. The SMILES string of the molecule is Clc1cc(N2CCOCC2)n2nc(COCc3ccccc3)cc2n1. The lowest BCUT2D eigenvalue weighted by molar-refractivity contribution is 0.104. The van der Waals surface area contributed by atoms with E-state index in [0.29, 0.717) is 31.6 Å². The average Bonchev–Trinajstić information content (AvgIpc) is 3.05. The van der Waals surface area contributed by atoms with Crippen LogP contribution in [0.2, 0.25) is 5.15 Å². The summed E-state index contributed by atoms with van der Waals surface area (Å²) in [4.78, 5) is 6.58. The maximum Gasteiger partial charge on any atom is 0.159 e. The Balaban J connectivity index is 1.52. The molecular weight excluding hydrogens is 340 g/mol. The lowest BCUT2D eigenvalue weighted by Gasteiger charge is -2.28. The number of ether oxygens (including phenoxy) is 2. The number of halogens is 1. The molecule has 0 bridgehead atoms. The second-order valence-corrected chi connectivity index (χ2v) is 6.31. The third-order valence-corrected chi connectivity index (χ3v) is 4.32. The predicted molar refractivity (Wildman–Crippen MR) is 96.0 cm³/mol. The van der Waals surface area contributed by atoms with E-state index in [1.54, 1.807) is 0 Å². The maximum atomic E-state index is 6.20. The van der Waals surface area contributed by atoms with Crippen LogP contribution in [-0.2, 0) is 22.7 Å². The topological polar surface area (TPSA) is 51.9 Å². The molecule has 4 rings (SSSR count). The average molecular weight is 359 g/mol. The summed E-state index contributed by atoms with van der Waals surface area (Å²) in [6, 6.07) is 13.9. The molecule has 1 saturated heterocycles. The Morgan fingerprint density at radius 2 is 1.88 bits per heavy atom. The molecule has 3 aromatic rings. The van der Waals surface area contributed by atoms with Crippen LogP contribution in [-0.4, -0.2) is 40.9 Å². The summed E-state index contributed by atoms with van der Waals surface area (Å²) in [5.41, 5.74) is 2.70. The number of hydrogen-bond acceptors (Lipinski definition) is 5. The van der Waals surface area contributed by atoms with Crippen molar-refractivity contribution in [1.82, 2.24) is 14.6 Å². The molecule has 1 aliphatic rings. The molecule has 0 aliphatic carbocycles. The molecule has 0 amide bonds. The van der Waals surface area contributed by atoms with Crippen LogP contribution in [0.3, 0.4) is 0 Å². The Kier molecular flexibility index (Phi) is 4.83. The number of aromatic nitrogens is 3. The van der Waals surface area contributed by atoms with Crippen LogP contribution >= 0.6 is 11.6 Å². The predicted octanol–water partition coefficient (Wildman–Crippen LogP) is 2.94. The zero-order valence-electron chi connectivity index (χ0n) is 13.8. The molecule has 1 aromatic carbocycles. The van der Waals surface area contributed by atoms with Crippen LogP contribution in [0.25, 0.3) is 5.65 Å². The molecule has 7 heteroatoms. The van der Waals surface area contributed by atoms with Crippen LogP contribution < -0.4 is 4.90 Å². The minimum atomic E-state index is 0.429. The van der Waals surface area contributed by atoms with Gasteiger partial charge in [-0.15, -0.1) is 0 Å². The minimum Gasteiger partial charge on any atom is -0.378 e. The van der Waals surface area contributed by atoms with E-state index in [-0.39, 0.29) is 0 Å². The molecule has 0 unspecified atom stereocenters. The van der Waals surface area contributed by atoms with Crippen molar-refractivity contribution < 1.29 is 9.47 Å². The lowest BCUT2D eigenvalue weighted by Crippen LogP contribution is -2.37. The van der Waals surface area contributed by atoms with Gasteiger partial charge in [0.1, 0.15) is 11.0 Å². The quantitative estimate of drug-likeness (QED) is 0.656. The van der Waals surface area contributed by atoms with Gasteiger partial charge in [-0.3, -0.25) is 0 Å². The first-order valence-electron chi connectivity index (χ1n) is 8.29. The number of morpholine rings is 1. The molecule has 130 valence electrons. The van der Waals surface area contributed by atoms with Gasteiger partial charge in [0.15, 0.2) is 5.65 Å². The zero-order valence-corrected chi connectivity index (χ0v) is 14.5. The van der Waals surface area contributed by atoms with Gasteiger partial charge in [0.25, 0.3) is 0 Å². The van der Waals surface area contributed by atoms with Gasteiger partial charge < -0.3 is 14.4 Å². The van der Waals surface area contributed by atoms with Gasteiger partial charge in [0.05, 0.1) is 32.1 Å². The van der Waals surface area contributed by atoms with E-state index >= 15 is 0 Å². The third kappa shape index (κ3) is 3.76. The summed E-state index contributed by atoms with van der Waals surface area (Å²) in [6.07, 6.45) is 0. The fourth-order valence-electron chi connectivity index (χ4n) is 2.91. The smallest absolute Gasteiger partial charge is 0.159 e. The number of hydrogen-bond donors (Lipinski definition) is 0. The van der Waals surface area contributed by atoms with Gasteiger partial charge in [-0.1, -0.05) is 41.9 Å². The molecular formula is C18H19ClN4O2. The van der Waals surface area contributed by atoms with Gasteiger partial charge in [0, 0.05) is 25.2 Å². The van der Waals surface area contributed by atoms with Crippen molar-refractivity contribution in [2.24, 2.45) is 0 Å². The molecule has 2 aromatic heterocycles. The van der Waals surface area contributed by atoms with Crippen LogP contribution in [0.4, 0.5) is 5.82 Å². The third-order valence-electron chi connectivity index (χ3n) is 4.12. The summed E-state index contributed by atoms with van der Waals surface area (Å²) < 4.78 is 13.0. The zero-order chi connectivity index (χ0) is 17.1. The van der Waals surface area contributed by atoms with Crippen molar-refractivity contribution in [3.05, 3.63) is 58.9 Å². The monoisotopic (exact) mass is 358 g/mol. The first kappa shape index (κ1) is 16.3. The number of rotatable bonds is 5. The summed E-state index contributed by atoms with van der Waals surface area (Å²) in [7, 11) is 0. The highest BCUT2D eigenvalue weighted by atomic mass is 35.5. The Morgan fingerprint density at radius 3 is 2.68 bits per heavy atom. The molecule has 1 aliphatic heterocycles. The maximum absolute atomic E-state index is 6.20. The Bertz CT molecular complexity index is 847. The number of fused-ring (bicyclic) bond motifs is 1. The van der Waals surface area contributed by atoms with Crippen LogP contribution in [0.15, 0.2) is 42.5 Å². The lowest BCUT2D eigenvalue weighted by atomic mass is 10.2. The molecule has 0 atom stereocenters. The highest BCUT2D eigenvalue weighted by Crippen LogP contribution is 2.22. The highest BCUT2D eigenvalue weighted by Gasteiger charge is 2.17. The van der Waals surface area contributed by atoms with Gasteiger partial charge in [-0.2, -0.15) is 9.61 Å². The van der Waals surface area contributed by atoms with E-state index in [0.717, 1.165) is 35.8 Å². The molecule has 1 fully saturated rings. The molecule has 6 nitrogen and oxygen atoms in total. The van der Waals surface area contributed by atoms with Gasteiger partial charge in [-0.25, -0.2) is 4.98 Å². The van der Waals surface area contributed by atoms with E-state index in [1.165, 1.54) is 0 Å². The fourth-order valence-corrected chi connectivity index (χ4v) is 3.10. The van der Waals surface area contributed by atoms with Crippen molar-refractivity contribution in [3.8, 4) is 0 Å². The van der Waals surface area contributed by atoms with Crippen LogP contribution in [0, 0.1) is 0 Å². The van der Waals surface area contributed by atoms with Gasteiger partial charge >= 0.3 is 0 Å². The normalized spacial score (nSPS) is 15.0. The first-order chi connectivity index (χ1) is 12.3. The minimum absolute atomic E-state index is 0.429. The van der Waals surface area contributed by atoms with Crippen molar-refractivity contribution in [2.75, 3.05) is 31.2 Å². The van der Waals surface area contributed by atoms with E-state index < -0.39 is 0 Å². The second kappa shape index (κ2) is 7.39. The van der Waals surface area contributed by atoms with E-state index in [4.69, 9.17) is 21.1 Å². The summed E-state index contributed by atoms with van der Waals surface area (Å²) in [5.74, 6) is 0.938. The Hall–Kier alpha value is -2.15. The Labute approximate surface area is 150 Å². The number of nitrogens with zero attached hydrogens (tertiary/aromatic N) is 4. The van der Waals surface area contributed by atoms with Crippen LogP contribution in [0.5, 0.6) is 0 Å². The standard InChI is InChI=1S/C18H19ClN4O2/c19-16-11-18(22-6-8-24-9-7-22)23-17(20-16)10-15(21-23)13-25-12-14-4-2-1-3-5-14/h1-5,10-11H,6-9,12-13H2. The molecule has 0 saturated carbocycles. The van der Waals surface area contributed by atoms with E-state index in [9.17, 15) is 0 Å². The molecule has 0 N–H and O–H groups in total. The fraction of sp³-hybridized carbons (Fsp3) is 0.333. The largest absolute Gasteiger partial charge is 0.378 e. The van der Waals surface area contributed by atoms with Crippen molar-refractivity contribution in [1.29, 1.82) is 0 Å². The summed E-state index contributed by atoms with van der Waals surface area (Å²) in [5, 5.41) is 5.11.